The quantitative estimate of drug-likeness (QED) is 0.371. The molecule has 2 unspecified atom stereocenters. The summed E-state index contributed by atoms with van der Waals surface area (Å²) in [6.45, 7) is 4.88. The lowest BCUT2D eigenvalue weighted by molar-refractivity contribution is -0.132. The van der Waals surface area contributed by atoms with Gasteiger partial charge >= 0.3 is 11.9 Å². The Kier molecular flexibility index (Phi) is 3.27. The van der Waals surface area contributed by atoms with Crippen molar-refractivity contribution < 1.29 is 19.1 Å². The van der Waals surface area contributed by atoms with Gasteiger partial charge in [0.1, 0.15) is 11.5 Å². The number of carbonyl (C=O) groups excluding carboxylic acids is 2. The molecular weight excluding hydrogens is 304 g/mol. The molecule has 2 atom stereocenters. The molecule has 24 heavy (non-hydrogen) atoms. The Morgan fingerprint density at radius 1 is 1.04 bits per heavy atom. The van der Waals surface area contributed by atoms with Crippen molar-refractivity contribution in [2.24, 2.45) is 0 Å². The van der Waals surface area contributed by atoms with Crippen LogP contribution in [0.15, 0.2) is 49.1 Å². The normalized spacial score (nSPS) is 20.0. The molecular formula is C20H16O4. The summed E-state index contributed by atoms with van der Waals surface area (Å²) in [5.74, 6) is 0.655. The Bertz CT molecular complexity index is 923. The van der Waals surface area contributed by atoms with Crippen LogP contribution in [0, 0.1) is 0 Å². The van der Waals surface area contributed by atoms with E-state index in [1.807, 2.05) is 24.3 Å². The highest BCUT2D eigenvalue weighted by molar-refractivity contribution is 6.00. The molecule has 0 aromatic heterocycles. The maximum Gasteiger partial charge on any atom is 0.335 e. The molecule has 0 spiro atoms. The van der Waals surface area contributed by atoms with Crippen LogP contribution in [0.5, 0.6) is 11.5 Å². The molecule has 0 heterocycles. The van der Waals surface area contributed by atoms with Crippen LogP contribution in [0.1, 0.15) is 36.3 Å². The summed E-state index contributed by atoms with van der Waals surface area (Å²) < 4.78 is 11.2. The van der Waals surface area contributed by atoms with Crippen LogP contribution in [0.3, 0.4) is 0 Å². The molecule has 0 saturated heterocycles. The number of allylic oxidation sites excluding steroid dienone is 2. The molecule has 2 aromatic rings. The minimum Gasteiger partial charge on any atom is -0.426 e. The summed E-state index contributed by atoms with van der Waals surface area (Å²) in [5.41, 5.74) is 1.91. The van der Waals surface area contributed by atoms with Gasteiger partial charge < -0.3 is 9.47 Å². The minimum atomic E-state index is -0.491. The van der Waals surface area contributed by atoms with Gasteiger partial charge in [0.2, 0.25) is 0 Å². The first-order chi connectivity index (χ1) is 11.6. The number of carbonyl (C=O) groups is 2. The van der Waals surface area contributed by atoms with Crippen LogP contribution >= 0.6 is 0 Å². The van der Waals surface area contributed by atoms with Gasteiger partial charge in [-0.05, 0) is 6.42 Å². The van der Waals surface area contributed by atoms with Crippen molar-refractivity contribution in [3.8, 4) is 11.5 Å². The predicted molar refractivity (Wildman–Crippen MR) is 90.3 cm³/mol. The summed E-state index contributed by atoms with van der Waals surface area (Å²) in [6, 6.07) is 7.52. The van der Waals surface area contributed by atoms with Crippen LogP contribution in [-0.4, -0.2) is 11.9 Å². The van der Waals surface area contributed by atoms with Crippen molar-refractivity contribution in [3.05, 3.63) is 60.2 Å². The number of benzene rings is 2. The second kappa shape index (κ2) is 5.34. The van der Waals surface area contributed by atoms with Gasteiger partial charge in [0.05, 0.1) is 0 Å². The molecule has 2 bridgehead atoms. The lowest BCUT2D eigenvalue weighted by Crippen LogP contribution is -2.11. The van der Waals surface area contributed by atoms with E-state index in [4.69, 9.17) is 9.47 Å². The summed E-state index contributed by atoms with van der Waals surface area (Å²) in [6.07, 6.45) is 6.33. The van der Waals surface area contributed by atoms with Gasteiger partial charge in [-0.1, -0.05) is 43.0 Å². The van der Waals surface area contributed by atoms with E-state index >= 15 is 0 Å². The molecule has 120 valence electrons. The molecule has 4 heteroatoms. The van der Waals surface area contributed by atoms with Crippen LogP contribution in [-0.2, 0) is 9.59 Å². The second-order valence-electron chi connectivity index (χ2n) is 6.08. The summed E-state index contributed by atoms with van der Waals surface area (Å²) in [4.78, 5) is 23.5. The molecule has 4 rings (SSSR count). The third kappa shape index (κ3) is 2.07. The third-order valence-electron chi connectivity index (χ3n) is 4.64. The van der Waals surface area contributed by atoms with Crippen molar-refractivity contribution >= 4 is 22.7 Å². The van der Waals surface area contributed by atoms with Crippen LogP contribution < -0.4 is 9.47 Å². The van der Waals surface area contributed by atoms with Gasteiger partial charge in [-0.2, -0.15) is 0 Å². The standard InChI is InChI=1S/C20H16O4/c1-3-16(22)24-20-15-7-5-4-6-14(15)19(23-11(2)21)17-12-8-9-13(10-12)18(17)20/h3-9,12-13H,1,10H2,2H3. The van der Waals surface area contributed by atoms with Gasteiger partial charge in [-0.15, -0.1) is 0 Å². The summed E-state index contributed by atoms with van der Waals surface area (Å²) >= 11 is 0. The summed E-state index contributed by atoms with van der Waals surface area (Å²) in [5, 5.41) is 1.54. The Balaban J connectivity index is 2.06. The second-order valence-corrected chi connectivity index (χ2v) is 6.08. The van der Waals surface area contributed by atoms with Crippen molar-refractivity contribution in [2.75, 3.05) is 0 Å². The number of ether oxygens (including phenoxy) is 2. The Morgan fingerprint density at radius 2 is 1.58 bits per heavy atom. The highest BCUT2D eigenvalue weighted by Crippen LogP contribution is 2.58. The first-order valence-electron chi connectivity index (χ1n) is 7.89. The average molecular weight is 320 g/mol. The minimum absolute atomic E-state index is 0.177. The molecule has 0 radical (unpaired) electrons. The highest BCUT2D eigenvalue weighted by atomic mass is 16.5. The number of esters is 2. The maximum atomic E-state index is 11.9. The van der Waals surface area contributed by atoms with E-state index in [-0.39, 0.29) is 17.8 Å². The van der Waals surface area contributed by atoms with E-state index in [9.17, 15) is 9.59 Å². The van der Waals surface area contributed by atoms with E-state index in [0.717, 1.165) is 34.4 Å². The molecule has 4 nitrogen and oxygen atoms in total. The molecule has 0 amide bonds. The zero-order valence-corrected chi connectivity index (χ0v) is 13.2. The molecule has 2 aliphatic rings. The molecule has 0 aliphatic heterocycles. The largest absolute Gasteiger partial charge is 0.426 e. The van der Waals surface area contributed by atoms with E-state index < -0.39 is 5.97 Å². The predicted octanol–water partition coefficient (Wildman–Crippen LogP) is 4.00. The number of rotatable bonds is 3. The summed E-state index contributed by atoms with van der Waals surface area (Å²) in [7, 11) is 0. The smallest absolute Gasteiger partial charge is 0.335 e. The first kappa shape index (κ1) is 14.7. The fourth-order valence-electron chi connectivity index (χ4n) is 3.78. The van der Waals surface area contributed by atoms with Crippen molar-refractivity contribution in [1.29, 1.82) is 0 Å². The Labute approximate surface area is 139 Å². The van der Waals surface area contributed by atoms with Crippen LogP contribution in [0.2, 0.25) is 0 Å². The van der Waals surface area contributed by atoms with Gasteiger partial charge in [-0.3, -0.25) is 4.79 Å². The average Bonchev–Trinajstić information content (AvgIpc) is 3.18. The lowest BCUT2D eigenvalue weighted by Gasteiger charge is -2.21. The van der Waals surface area contributed by atoms with E-state index in [2.05, 4.69) is 18.7 Å². The first-order valence-corrected chi connectivity index (χ1v) is 7.89. The van der Waals surface area contributed by atoms with Crippen molar-refractivity contribution in [1.82, 2.24) is 0 Å². The van der Waals surface area contributed by atoms with Gasteiger partial charge in [0.25, 0.3) is 0 Å². The van der Waals surface area contributed by atoms with E-state index in [1.165, 1.54) is 6.92 Å². The van der Waals surface area contributed by atoms with Crippen molar-refractivity contribution in [3.63, 3.8) is 0 Å². The topological polar surface area (TPSA) is 52.6 Å². The molecule has 2 aromatic carbocycles. The van der Waals surface area contributed by atoms with Gasteiger partial charge in [0.15, 0.2) is 0 Å². The fourth-order valence-corrected chi connectivity index (χ4v) is 3.78. The third-order valence-corrected chi connectivity index (χ3v) is 4.64. The van der Waals surface area contributed by atoms with Gasteiger partial charge in [0, 0.05) is 46.7 Å². The molecule has 0 fully saturated rings. The molecule has 2 aliphatic carbocycles. The fraction of sp³-hybridized carbons (Fsp3) is 0.200. The maximum absolute atomic E-state index is 11.9. The van der Waals surface area contributed by atoms with Gasteiger partial charge in [-0.25, -0.2) is 4.79 Å². The molecule has 0 saturated carbocycles. The zero-order chi connectivity index (χ0) is 16.8. The SMILES string of the molecule is C=CC(=O)Oc1c2c(c(OC(C)=O)c3ccccc13)C1C=CC2C1. The van der Waals surface area contributed by atoms with Crippen LogP contribution in [0.4, 0.5) is 0 Å². The van der Waals surface area contributed by atoms with Crippen LogP contribution in [0.25, 0.3) is 10.8 Å². The number of hydrogen-bond acceptors (Lipinski definition) is 4. The van der Waals surface area contributed by atoms with E-state index in [0.29, 0.717) is 11.5 Å². The van der Waals surface area contributed by atoms with Crippen molar-refractivity contribution in [2.45, 2.75) is 25.2 Å². The Hall–Kier alpha value is -2.88. The zero-order valence-electron chi connectivity index (χ0n) is 13.2. The number of hydrogen-bond donors (Lipinski definition) is 0. The Morgan fingerprint density at radius 3 is 2.08 bits per heavy atom. The van der Waals surface area contributed by atoms with E-state index in [1.54, 1.807) is 0 Å². The lowest BCUT2D eigenvalue weighted by atomic mass is 9.90. The molecule has 0 N–H and O–H groups in total. The monoisotopic (exact) mass is 320 g/mol. The number of fused-ring (bicyclic) bond motifs is 6. The highest BCUT2D eigenvalue weighted by Gasteiger charge is 2.40.